The van der Waals surface area contributed by atoms with Crippen molar-refractivity contribution in [3.05, 3.63) is 64.5 Å². The molecular formula is C19H16ClN3O2S. The van der Waals surface area contributed by atoms with Crippen LogP contribution in [0.2, 0.25) is 5.02 Å². The Morgan fingerprint density at radius 1 is 1.08 bits per heavy atom. The molecule has 2 N–H and O–H groups in total. The molecule has 0 saturated heterocycles. The van der Waals surface area contributed by atoms with E-state index in [2.05, 4.69) is 15.6 Å². The lowest BCUT2D eigenvalue weighted by Crippen LogP contribution is -2.14. The first kappa shape index (κ1) is 18.1. The summed E-state index contributed by atoms with van der Waals surface area (Å²) in [7, 11) is 0. The maximum absolute atomic E-state index is 12.2. The molecule has 2 amide bonds. The van der Waals surface area contributed by atoms with Gasteiger partial charge in [-0.2, -0.15) is 0 Å². The standard InChI is InChI=1S/C19H16ClN3O2S/c1-12(24)21-14-8-6-13(7-9-14)10-18(25)23-19-22-17(11-26-19)15-4-2-3-5-16(15)20/h2-9,11H,10H2,1H3,(H,21,24)(H,22,23,25). The quantitative estimate of drug-likeness (QED) is 0.674. The van der Waals surface area contributed by atoms with Gasteiger partial charge in [-0.15, -0.1) is 11.3 Å². The molecular weight excluding hydrogens is 370 g/mol. The first-order valence-corrected chi connectivity index (χ1v) is 9.14. The summed E-state index contributed by atoms with van der Waals surface area (Å²) in [6.45, 7) is 1.45. The number of nitrogens with one attached hydrogen (secondary N) is 2. The molecule has 132 valence electrons. The third-order valence-electron chi connectivity index (χ3n) is 3.54. The number of halogens is 1. The number of nitrogens with zero attached hydrogens (tertiary/aromatic N) is 1. The number of aromatic nitrogens is 1. The van der Waals surface area contributed by atoms with Crippen LogP contribution in [0.15, 0.2) is 53.9 Å². The van der Waals surface area contributed by atoms with Crippen LogP contribution in [0, 0.1) is 0 Å². The molecule has 0 aliphatic heterocycles. The molecule has 0 unspecified atom stereocenters. The molecule has 0 aliphatic rings. The lowest BCUT2D eigenvalue weighted by molar-refractivity contribution is -0.116. The number of benzene rings is 2. The SMILES string of the molecule is CC(=O)Nc1ccc(CC(=O)Nc2nc(-c3ccccc3Cl)cs2)cc1. The van der Waals surface area contributed by atoms with Crippen molar-refractivity contribution >= 4 is 45.6 Å². The maximum atomic E-state index is 12.2. The zero-order chi connectivity index (χ0) is 18.5. The Hall–Kier alpha value is -2.70. The summed E-state index contributed by atoms with van der Waals surface area (Å²) in [5.41, 5.74) is 3.11. The average Bonchev–Trinajstić information content (AvgIpc) is 3.04. The number of hydrogen-bond acceptors (Lipinski definition) is 4. The van der Waals surface area contributed by atoms with E-state index in [4.69, 9.17) is 11.6 Å². The summed E-state index contributed by atoms with van der Waals surface area (Å²) >= 11 is 7.53. The highest BCUT2D eigenvalue weighted by Gasteiger charge is 2.10. The van der Waals surface area contributed by atoms with Crippen LogP contribution in [0.3, 0.4) is 0 Å². The number of thiazole rings is 1. The van der Waals surface area contributed by atoms with Crippen LogP contribution < -0.4 is 10.6 Å². The van der Waals surface area contributed by atoms with E-state index in [1.165, 1.54) is 18.3 Å². The fraction of sp³-hybridized carbons (Fsp3) is 0.105. The van der Waals surface area contributed by atoms with Crippen molar-refractivity contribution < 1.29 is 9.59 Å². The summed E-state index contributed by atoms with van der Waals surface area (Å²) in [5.74, 6) is -0.286. The minimum absolute atomic E-state index is 0.131. The summed E-state index contributed by atoms with van der Waals surface area (Å²) in [4.78, 5) is 27.7. The number of anilines is 2. The van der Waals surface area contributed by atoms with Gasteiger partial charge < -0.3 is 10.6 Å². The summed E-state index contributed by atoms with van der Waals surface area (Å²) in [6.07, 6.45) is 0.224. The second-order valence-electron chi connectivity index (χ2n) is 5.62. The Morgan fingerprint density at radius 3 is 2.50 bits per heavy atom. The molecule has 0 spiro atoms. The Morgan fingerprint density at radius 2 is 1.81 bits per heavy atom. The molecule has 26 heavy (non-hydrogen) atoms. The fourth-order valence-electron chi connectivity index (χ4n) is 2.38. The highest BCUT2D eigenvalue weighted by atomic mass is 35.5. The summed E-state index contributed by atoms with van der Waals surface area (Å²) in [5, 5.41) is 8.50. The van der Waals surface area contributed by atoms with Gasteiger partial charge in [-0.05, 0) is 23.8 Å². The molecule has 0 fully saturated rings. The first-order chi connectivity index (χ1) is 12.5. The van der Waals surface area contributed by atoms with E-state index in [1.54, 1.807) is 18.2 Å². The smallest absolute Gasteiger partial charge is 0.230 e. The molecule has 1 aromatic heterocycles. The van der Waals surface area contributed by atoms with Gasteiger partial charge in [-0.25, -0.2) is 4.98 Å². The van der Waals surface area contributed by atoms with Gasteiger partial charge in [0.1, 0.15) is 0 Å². The van der Waals surface area contributed by atoms with Crippen molar-refractivity contribution in [2.24, 2.45) is 0 Å². The monoisotopic (exact) mass is 385 g/mol. The van der Waals surface area contributed by atoms with Crippen LogP contribution in [0.1, 0.15) is 12.5 Å². The van der Waals surface area contributed by atoms with Gasteiger partial charge in [0.25, 0.3) is 0 Å². The highest BCUT2D eigenvalue weighted by molar-refractivity contribution is 7.14. The van der Waals surface area contributed by atoms with E-state index >= 15 is 0 Å². The van der Waals surface area contributed by atoms with E-state index < -0.39 is 0 Å². The number of hydrogen-bond donors (Lipinski definition) is 2. The third kappa shape index (κ3) is 4.68. The molecule has 2 aromatic carbocycles. The number of rotatable bonds is 5. The van der Waals surface area contributed by atoms with Gasteiger partial charge in [0.05, 0.1) is 12.1 Å². The molecule has 1 heterocycles. The van der Waals surface area contributed by atoms with Crippen LogP contribution in [0.4, 0.5) is 10.8 Å². The predicted octanol–water partition coefficient (Wildman–Crippen LogP) is 4.60. The van der Waals surface area contributed by atoms with Crippen molar-refractivity contribution in [1.82, 2.24) is 4.98 Å². The molecule has 0 saturated carbocycles. The van der Waals surface area contributed by atoms with E-state index in [-0.39, 0.29) is 18.2 Å². The number of carbonyl (C=O) groups is 2. The molecule has 3 aromatic rings. The lowest BCUT2D eigenvalue weighted by atomic mass is 10.1. The molecule has 0 aliphatic carbocycles. The highest BCUT2D eigenvalue weighted by Crippen LogP contribution is 2.30. The molecule has 0 atom stereocenters. The zero-order valence-corrected chi connectivity index (χ0v) is 15.5. The van der Waals surface area contributed by atoms with Gasteiger partial charge in [-0.3, -0.25) is 9.59 Å². The van der Waals surface area contributed by atoms with E-state index in [0.717, 1.165) is 16.8 Å². The van der Waals surface area contributed by atoms with Gasteiger partial charge in [0.2, 0.25) is 11.8 Å². The van der Waals surface area contributed by atoms with Crippen molar-refractivity contribution in [2.75, 3.05) is 10.6 Å². The maximum Gasteiger partial charge on any atom is 0.230 e. The minimum atomic E-state index is -0.155. The van der Waals surface area contributed by atoms with E-state index in [0.29, 0.717) is 15.8 Å². The second-order valence-corrected chi connectivity index (χ2v) is 6.89. The summed E-state index contributed by atoms with van der Waals surface area (Å²) in [6, 6.07) is 14.6. The van der Waals surface area contributed by atoms with Crippen LogP contribution in [0.5, 0.6) is 0 Å². The van der Waals surface area contributed by atoms with Crippen molar-refractivity contribution in [3.63, 3.8) is 0 Å². The Balaban J connectivity index is 1.62. The third-order valence-corrected chi connectivity index (χ3v) is 4.63. The average molecular weight is 386 g/mol. The van der Waals surface area contributed by atoms with Crippen molar-refractivity contribution in [3.8, 4) is 11.3 Å². The molecule has 7 heteroatoms. The second kappa shape index (κ2) is 8.12. The van der Waals surface area contributed by atoms with E-state index in [9.17, 15) is 9.59 Å². The minimum Gasteiger partial charge on any atom is -0.326 e. The molecule has 3 rings (SSSR count). The van der Waals surface area contributed by atoms with Gasteiger partial charge in [0.15, 0.2) is 5.13 Å². The van der Waals surface area contributed by atoms with Crippen LogP contribution in [0.25, 0.3) is 11.3 Å². The molecule has 5 nitrogen and oxygen atoms in total. The van der Waals surface area contributed by atoms with Crippen LogP contribution >= 0.6 is 22.9 Å². The normalized spacial score (nSPS) is 10.4. The van der Waals surface area contributed by atoms with Crippen molar-refractivity contribution in [2.45, 2.75) is 13.3 Å². The van der Waals surface area contributed by atoms with Gasteiger partial charge in [0, 0.05) is 28.6 Å². The van der Waals surface area contributed by atoms with Gasteiger partial charge in [-0.1, -0.05) is 41.9 Å². The Labute approximate surface area is 160 Å². The molecule has 0 bridgehead atoms. The van der Waals surface area contributed by atoms with Crippen LogP contribution in [-0.2, 0) is 16.0 Å². The predicted molar refractivity (Wildman–Crippen MR) is 106 cm³/mol. The topological polar surface area (TPSA) is 71.1 Å². The van der Waals surface area contributed by atoms with Gasteiger partial charge >= 0.3 is 0 Å². The molecule has 0 radical (unpaired) electrons. The van der Waals surface area contributed by atoms with Crippen molar-refractivity contribution in [1.29, 1.82) is 0 Å². The first-order valence-electron chi connectivity index (χ1n) is 7.88. The number of amides is 2. The lowest BCUT2D eigenvalue weighted by Gasteiger charge is -2.05. The fourth-order valence-corrected chi connectivity index (χ4v) is 3.34. The van der Waals surface area contributed by atoms with E-state index in [1.807, 2.05) is 35.7 Å². The van der Waals surface area contributed by atoms with Crippen LogP contribution in [-0.4, -0.2) is 16.8 Å². The largest absolute Gasteiger partial charge is 0.326 e. The Kier molecular flexibility index (Phi) is 5.65. The number of carbonyl (C=O) groups excluding carboxylic acids is 2. The zero-order valence-electron chi connectivity index (χ0n) is 14.0. The summed E-state index contributed by atoms with van der Waals surface area (Å²) < 4.78 is 0. The Bertz CT molecular complexity index is 938.